The molecule has 120 valence electrons. The average molecular weight is 306 g/mol. The van der Waals surface area contributed by atoms with E-state index in [1.807, 2.05) is 6.07 Å². The van der Waals surface area contributed by atoms with Gasteiger partial charge in [-0.25, -0.2) is 9.18 Å². The van der Waals surface area contributed by atoms with Crippen molar-refractivity contribution in [2.75, 3.05) is 13.1 Å². The molecule has 2 aliphatic rings. The number of benzene rings is 1. The van der Waals surface area contributed by atoms with Gasteiger partial charge in [0.1, 0.15) is 5.82 Å². The summed E-state index contributed by atoms with van der Waals surface area (Å²) < 4.78 is 14.0. The Morgan fingerprint density at radius 3 is 3.00 bits per heavy atom. The summed E-state index contributed by atoms with van der Waals surface area (Å²) >= 11 is 0. The van der Waals surface area contributed by atoms with Crippen LogP contribution in [0, 0.1) is 11.7 Å². The normalized spacial score (nSPS) is 28.1. The number of fused-ring (bicyclic) bond motifs is 1. The van der Waals surface area contributed by atoms with Crippen molar-refractivity contribution in [3.63, 3.8) is 0 Å². The molecule has 0 aromatic heterocycles. The number of aliphatic hydroxyl groups is 1. The van der Waals surface area contributed by atoms with Crippen LogP contribution in [0.3, 0.4) is 0 Å². The Morgan fingerprint density at radius 2 is 2.23 bits per heavy atom. The number of urea groups is 1. The smallest absolute Gasteiger partial charge is 0.317 e. The Balaban J connectivity index is 1.77. The molecule has 0 spiro atoms. The molecular formula is C17H23FN2O2. The van der Waals surface area contributed by atoms with Gasteiger partial charge in [0.05, 0.1) is 12.1 Å². The molecule has 1 aliphatic carbocycles. The number of likely N-dealkylation sites (tertiary alicyclic amines) is 1. The minimum absolute atomic E-state index is 0.160. The molecule has 1 aromatic carbocycles. The van der Waals surface area contributed by atoms with Crippen LogP contribution in [-0.2, 0) is 6.42 Å². The minimum Gasteiger partial charge on any atom is -0.391 e. The number of piperidine rings is 1. The molecular weight excluding hydrogens is 283 g/mol. The second-order valence-corrected chi connectivity index (χ2v) is 6.49. The third-order valence-corrected chi connectivity index (χ3v) is 4.87. The van der Waals surface area contributed by atoms with Crippen molar-refractivity contribution in [3.05, 3.63) is 35.1 Å². The molecule has 3 rings (SSSR count). The van der Waals surface area contributed by atoms with Crippen molar-refractivity contribution >= 4 is 6.03 Å². The molecule has 2 amide bonds. The van der Waals surface area contributed by atoms with Crippen molar-refractivity contribution in [2.45, 2.75) is 44.8 Å². The Hall–Kier alpha value is -1.62. The third-order valence-electron chi connectivity index (χ3n) is 4.87. The number of hydrogen-bond acceptors (Lipinski definition) is 2. The lowest BCUT2D eigenvalue weighted by molar-refractivity contribution is 0.0823. The van der Waals surface area contributed by atoms with Crippen molar-refractivity contribution in [1.82, 2.24) is 10.2 Å². The first-order chi connectivity index (χ1) is 10.6. The van der Waals surface area contributed by atoms with Crippen LogP contribution in [0.15, 0.2) is 18.2 Å². The van der Waals surface area contributed by atoms with E-state index in [0.717, 1.165) is 36.8 Å². The predicted octanol–water partition coefficient (Wildman–Crippen LogP) is 2.62. The zero-order valence-electron chi connectivity index (χ0n) is 12.9. The van der Waals surface area contributed by atoms with Gasteiger partial charge in [0.2, 0.25) is 0 Å². The van der Waals surface area contributed by atoms with E-state index in [-0.39, 0.29) is 23.8 Å². The van der Waals surface area contributed by atoms with Crippen LogP contribution in [0.5, 0.6) is 0 Å². The van der Waals surface area contributed by atoms with Crippen LogP contribution in [0.2, 0.25) is 0 Å². The van der Waals surface area contributed by atoms with Crippen LogP contribution in [-0.4, -0.2) is 35.2 Å². The SMILES string of the molecule is CC1CCc2c(F)cccc2C1NC(=O)N1CCCC(O)C1. The molecule has 1 heterocycles. The van der Waals surface area contributed by atoms with Crippen LogP contribution in [0.1, 0.15) is 43.4 Å². The highest BCUT2D eigenvalue weighted by molar-refractivity contribution is 5.75. The number of amides is 2. The highest BCUT2D eigenvalue weighted by atomic mass is 19.1. The summed E-state index contributed by atoms with van der Waals surface area (Å²) in [7, 11) is 0. The van der Waals surface area contributed by atoms with E-state index in [4.69, 9.17) is 0 Å². The molecule has 5 heteroatoms. The molecule has 22 heavy (non-hydrogen) atoms. The molecule has 1 saturated heterocycles. The van der Waals surface area contributed by atoms with Crippen molar-refractivity contribution < 1.29 is 14.3 Å². The van der Waals surface area contributed by atoms with E-state index in [1.54, 1.807) is 11.0 Å². The second kappa shape index (κ2) is 6.24. The first-order valence-corrected chi connectivity index (χ1v) is 8.07. The molecule has 3 atom stereocenters. The quantitative estimate of drug-likeness (QED) is 0.838. The summed E-state index contributed by atoms with van der Waals surface area (Å²) in [5.41, 5.74) is 1.62. The van der Waals surface area contributed by atoms with Crippen molar-refractivity contribution in [1.29, 1.82) is 0 Å². The summed E-state index contributed by atoms with van der Waals surface area (Å²) in [6.07, 6.45) is 2.71. The first-order valence-electron chi connectivity index (χ1n) is 8.07. The average Bonchev–Trinajstić information content (AvgIpc) is 2.50. The molecule has 0 bridgehead atoms. The van der Waals surface area contributed by atoms with Crippen molar-refractivity contribution in [3.8, 4) is 0 Å². The number of carbonyl (C=O) groups excluding carboxylic acids is 1. The largest absolute Gasteiger partial charge is 0.391 e. The predicted molar refractivity (Wildman–Crippen MR) is 82.0 cm³/mol. The molecule has 3 unspecified atom stereocenters. The lowest BCUT2D eigenvalue weighted by Crippen LogP contribution is -2.49. The first kappa shape index (κ1) is 15.3. The fourth-order valence-electron chi connectivity index (χ4n) is 3.56. The Morgan fingerprint density at radius 1 is 1.41 bits per heavy atom. The fraction of sp³-hybridized carbons (Fsp3) is 0.588. The number of β-amino-alcohol motifs (C(OH)–C–C–N with tert-alkyl or cyclic N) is 1. The van der Waals surface area contributed by atoms with E-state index >= 15 is 0 Å². The summed E-state index contributed by atoms with van der Waals surface area (Å²) in [5.74, 6) is 0.0880. The van der Waals surface area contributed by atoms with E-state index in [2.05, 4.69) is 12.2 Å². The summed E-state index contributed by atoms with van der Waals surface area (Å²) in [6.45, 7) is 3.13. The molecule has 1 aromatic rings. The lowest BCUT2D eigenvalue weighted by atomic mass is 9.80. The fourth-order valence-corrected chi connectivity index (χ4v) is 3.56. The van der Waals surface area contributed by atoms with Gasteiger partial charge in [-0.15, -0.1) is 0 Å². The van der Waals surface area contributed by atoms with E-state index in [9.17, 15) is 14.3 Å². The van der Waals surface area contributed by atoms with Gasteiger partial charge in [-0.1, -0.05) is 19.1 Å². The summed E-state index contributed by atoms with van der Waals surface area (Å²) in [5, 5.41) is 12.8. The number of nitrogens with one attached hydrogen (secondary N) is 1. The molecule has 1 aliphatic heterocycles. The van der Waals surface area contributed by atoms with E-state index < -0.39 is 6.10 Å². The molecule has 4 nitrogen and oxygen atoms in total. The number of nitrogens with zero attached hydrogens (tertiary/aromatic N) is 1. The highest BCUT2D eigenvalue weighted by Gasteiger charge is 2.31. The van der Waals surface area contributed by atoms with E-state index in [1.165, 1.54) is 6.07 Å². The zero-order chi connectivity index (χ0) is 15.7. The minimum atomic E-state index is -0.437. The van der Waals surface area contributed by atoms with Gasteiger partial charge in [-0.3, -0.25) is 0 Å². The summed E-state index contributed by atoms with van der Waals surface area (Å²) in [4.78, 5) is 14.1. The van der Waals surface area contributed by atoms with E-state index in [0.29, 0.717) is 13.1 Å². The standard InChI is InChI=1S/C17H23FN2O2/c1-11-7-8-13-14(5-2-6-15(13)18)16(11)19-17(22)20-9-3-4-12(21)10-20/h2,5-6,11-12,16,21H,3-4,7-10H2,1H3,(H,19,22). The Labute approximate surface area is 130 Å². The van der Waals surface area contributed by atoms with Gasteiger partial charge in [0.25, 0.3) is 0 Å². The van der Waals surface area contributed by atoms with Crippen LogP contribution in [0.4, 0.5) is 9.18 Å². The van der Waals surface area contributed by atoms with Crippen molar-refractivity contribution in [2.24, 2.45) is 5.92 Å². The highest BCUT2D eigenvalue weighted by Crippen LogP contribution is 2.35. The van der Waals surface area contributed by atoms with Gasteiger partial charge >= 0.3 is 6.03 Å². The maximum atomic E-state index is 14.0. The zero-order valence-corrected chi connectivity index (χ0v) is 12.9. The topological polar surface area (TPSA) is 52.6 Å². The van der Waals surface area contributed by atoms with Gasteiger partial charge in [0.15, 0.2) is 0 Å². The molecule has 2 N–H and O–H groups in total. The lowest BCUT2D eigenvalue weighted by Gasteiger charge is -2.36. The maximum absolute atomic E-state index is 14.0. The number of rotatable bonds is 1. The van der Waals surface area contributed by atoms with Crippen LogP contribution >= 0.6 is 0 Å². The van der Waals surface area contributed by atoms with Gasteiger partial charge in [-0.05, 0) is 48.8 Å². The Bertz CT molecular complexity index is 564. The molecule has 1 fully saturated rings. The number of carbonyl (C=O) groups is 1. The Kier molecular flexibility index (Phi) is 4.34. The number of aliphatic hydroxyl groups excluding tert-OH is 1. The number of hydrogen-bond donors (Lipinski definition) is 2. The summed E-state index contributed by atoms with van der Waals surface area (Å²) in [6, 6.07) is 4.77. The number of halogens is 1. The van der Waals surface area contributed by atoms with Gasteiger partial charge < -0.3 is 15.3 Å². The van der Waals surface area contributed by atoms with Gasteiger partial charge in [-0.2, -0.15) is 0 Å². The molecule has 0 saturated carbocycles. The monoisotopic (exact) mass is 306 g/mol. The van der Waals surface area contributed by atoms with Crippen LogP contribution in [0.25, 0.3) is 0 Å². The maximum Gasteiger partial charge on any atom is 0.317 e. The molecule has 0 radical (unpaired) electrons. The third kappa shape index (κ3) is 2.95. The van der Waals surface area contributed by atoms with Gasteiger partial charge in [0, 0.05) is 13.1 Å². The second-order valence-electron chi connectivity index (χ2n) is 6.49. The van der Waals surface area contributed by atoms with Crippen LogP contribution < -0.4 is 5.32 Å².